The van der Waals surface area contributed by atoms with Crippen LogP contribution in [0.1, 0.15) is 16.8 Å². The molecule has 0 radical (unpaired) electrons. The SMILES string of the molecule is CNC(=O)C1Cc2ccccc2CN1S(=O)(=O)c1sc(Cl)nc1C. The van der Waals surface area contributed by atoms with Crippen molar-refractivity contribution in [3.05, 3.63) is 45.6 Å². The Morgan fingerprint density at radius 3 is 2.62 bits per heavy atom. The minimum atomic E-state index is -3.87. The first-order valence-corrected chi connectivity index (χ1v) is 9.91. The maximum Gasteiger partial charge on any atom is 0.255 e. The lowest BCUT2D eigenvalue weighted by Crippen LogP contribution is -2.51. The molecule has 24 heavy (non-hydrogen) atoms. The highest BCUT2D eigenvalue weighted by Gasteiger charge is 2.40. The summed E-state index contributed by atoms with van der Waals surface area (Å²) in [7, 11) is -2.37. The van der Waals surface area contributed by atoms with Crippen LogP contribution in [-0.4, -0.2) is 36.7 Å². The van der Waals surface area contributed by atoms with Crippen LogP contribution >= 0.6 is 22.9 Å². The molecule has 1 atom stereocenters. The molecule has 1 N–H and O–H groups in total. The second-order valence-corrected chi connectivity index (χ2v) is 9.16. The number of benzene rings is 1. The number of likely N-dealkylation sites (N-methyl/N-ethyl adjacent to an activating group) is 1. The van der Waals surface area contributed by atoms with E-state index >= 15 is 0 Å². The molecule has 0 saturated heterocycles. The monoisotopic (exact) mass is 385 g/mol. The molecule has 0 aliphatic carbocycles. The summed E-state index contributed by atoms with van der Waals surface area (Å²) >= 11 is 6.77. The molecule has 1 aromatic carbocycles. The highest BCUT2D eigenvalue weighted by molar-refractivity contribution is 7.91. The number of aryl methyl sites for hydroxylation is 1. The molecule has 0 bridgehead atoms. The van der Waals surface area contributed by atoms with Crippen molar-refractivity contribution in [3.63, 3.8) is 0 Å². The van der Waals surface area contributed by atoms with Gasteiger partial charge in [0.25, 0.3) is 10.0 Å². The van der Waals surface area contributed by atoms with Crippen LogP contribution in [0.2, 0.25) is 4.47 Å². The van der Waals surface area contributed by atoms with E-state index in [2.05, 4.69) is 10.3 Å². The third kappa shape index (κ3) is 2.95. The Labute approximate surface area is 149 Å². The average molecular weight is 386 g/mol. The first-order valence-electron chi connectivity index (χ1n) is 7.27. The molecular weight excluding hydrogens is 370 g/mol. The summed E-state index contributed by atoms with van der Waals surface area (Å²) in [4.78, 5) is 16.3. The number of carbonyl (C=O) groups excluding carboxylic acids is 1. The molecule has 2 heterocycles. The smallest absolute Gasteiger partial charge is 0.255 e. The van der Waals surface area contributed by atoms with E-state index in [9.17, 15) is 13.2 Å². The van der Waals surface area contributed by atoms with Crippen molar-refractivity contribution < 1.29 is 13.2 Å². The number of halogens is 1. The summed E-state index contributed by atoms with van der Waals surface area (Å²) in [5, 5.41) is 2.56. The van der Waals surface area contributed by atoms with Crippen LogP contribution in [0.4, 0.5) is 0 Å². The van der Waals surface area contributed by atoms with Gasteiger partial charge in [-0.2, -0.15) is 4.31 Å². The lowest BCUT2D eigenvalue weighted by molar-refractivity contribution is -0.124. The van der Waals surface area contributed by atoms with Crippen molar-refractivity contribution in [1.29, 1.82) is 0 Å². The van der Waals surface area contributed by atoms with Crippen LogP contribution in [-0.2, 0) is 27.8 Å². The van der Waals surface area contributed by atoms with Crippen molar-refractivity contribution in [2.75, 3.05) is 7.05 Å². The van der Waals surface area contributed by atoms with Gasteiger partial charge in [-0.05, 0) is 24.5 Å². The Bertz CT molecular complexity index is 895. The van der Waals surface area contributed by atoms with Gasteiger partial charge < -0.3 is 5.32 Å². The van der Waals surface area contributed by atoms with E-state index in [0.29, 0.717) is 12.1 Å². The van der Waals surface area contributed by atoms with Crippen molar-refractivity contribution in [2.45, 2.75) is 30.1 Å². The number of aromatic nitrogens is 1. The number of hydrogen-bond donors (Lipinski definition) is 1. The first kappa shape index (κ1) is 17.3. The van der Waals surface area contributed by atoms with E-state index in [0.717, 1.165) is 22.5 Å². The van der Waals surface area contributed by atoms with Crippen LogP contribution in [0.15, 0.2) is 28.5 Å². The fourth-order valence-electron chi connectivity index (χ4n) is 2.84. The minimum absolute atomic E-state index is 0.0841. The lowest BCUT2D eigenvalue weighted by atomic mass is 9.95. The largest absolute Gasteiger partial charge is 0.358 e. The molecule has 1 aliphatic rings. The van der Waals surface area contributed by atoms with Gasteiger partial charge in [0, 0.05) is 13.6 Å². The Balaban J connectivity index is 2.09. The molecule has 0 spiro atoms. The van der Waals surface area contributed by atoms with Crippen LogP contribution in [0.25, 0.3) is 0 Å². The van der Waals surface area contributed by atoms with Gasteiger partial charge in [-0.25, -0.2) is 13.4 Å². The van der Waals surface area contributed by atoms with Crippen molar-refractivity contribution in [1.82, 2.24) is 14.6 Å². The lowest BCUT2D eigenvalue weighted by Gasteiger charge is -2.34. The summed E-state index contributed by atoms with van der Waals surface area (Å²) in [6, 6.07) is 6.75. The van der Waals surface area contributed by atoms with Crippen molar-refractivity contribution in [2.24, 2.45) is 0 Å². The molecule has 6 nitrogen and oxygen atoms in total. The van der Waals surface area contributed by atoms with Gasteiger partial charge in [-0.3, -0.25) is 4.79 Å². The third-order valence-corrected chi connectivity index (χ3v) is 7.73. The second kappa shape index (κ2) is 6.44. The first-order chi connectivity index (χ1) is 11.3. The Morgan fingerprint density at radius 1 is 1.38 bits per heavy atom. The Hall–Kier alpha value is -1.48. The Morgan fingerprint density at radius 2 is 2.04 bits per heavy atom. The van der Waals surface area contributed by atoms with Gasteiger partial charge in [0.05, 0.1) is 5.69 Å². The number of amides is 1. The molecule has 1 amide bonds. The predicted molar refractivity (Wildman–Crippen MR) is 92.6 cm³/mol. The maximum absolute atomic E-state index is 13.1. The van der Waals surface area contributed by atoms with Gasteiger partial charge in [0.15, 0.2) is 8.68 Å². The minimum Gasteiger partial charge on any atom is -0.358 e. The quantitative estimate of drug-likeness (QED) is 0.875. The summed E-state index contributed by atoms with van der Waals surface area (Å²) < 4.78 is 27.7. The summed E-state index contributed by atoms with van der Waals surface area (Å²) in [6.45, 7) is 1.74. The predicted octanol–water partition coefficient (Wildman–Crippen LogP) is 1.97. The normalized spacial score (nSPS) is 18.2. The van der Waals surface area contributed by atoms with E-state index in [4.69, 9.17) is 11.6 Å². The van der Waals surface area contributed by atoms with E-state index in [1.807, 2.05) is 24.3 Å². The van der Waals surface area contributed by atoms with Gasteiger partial charge >= 0.3 is 0 Å². The zero-order valence-corrected chi connectivity index (χ0v) is 15.5. The third-order valence-electron chi connectivity index (χ3n) is 4.03. The number of sulfonamides is 1. The number of rotatable bonds is 3. The number of fused-ring (bicyclic) bond motifs is 1. The molecule has 1 aliphatic heterocycles. The zero-order chi connectivity index (χ0) is 17.5. The van der Waals surface area contributed by atoms with Gasteiger partial charge in [0.1, 0.15) is 6.04 Å². The molecule has 128 valence electrons. The second-order valence-electron chi connectivity index (χ2n) is 5.49. The van der Waals surface area contributed by atoms with Crippen LogP contribution in [0, 0.1) is 6.92 Å². The van der Waals surface area contributed by atoms with Crippen molar-refractivity contribution >= 4 is 38.9 Å². The topological polar surface area (TPSA) is 79.4 Å². The van der Waals surface area contributed by atoms with E-state index in [-0.39, 0.29) is 21.1 Å². The highest BCUT2D eigenvalue weighted by atomic mass is 35.5. The number of thiazole rings is 1. The zero-order valence-electron chi connectivity index (χ0n) is 13.1. The molecule has 9 heteroatoms. The van der Waals surface area contributed by atoms with Gasteiger partial charge in [0.2, 0.25) is 5.91 Å². The van der Waals surface area contributed by atoms with Crippen LogP contribution in [0.5, 0.6) is 0 Å². The van der Waals surface area contributed by atoms with E-state index in [1.165, 1.54) is 11.4 Å². The molecule has 0 saturated carbocycles. The van der Waals surface area contributed by atoms with Crippen LogP contribution in [0.3, 0.4) is 0 Å². The van der Waals surface area contributed by atoms with E-state index < -0.39 is 16.1 Å². The molecule has 0 fully saturated rings. The molecule has 2 aromatic rings. The number of carbonyl (C=O) groups is 1. The molecule has 3 rings (SSSR count). The standard InChI is InChI=1S/C15H16ClN3O3S2/c1-9-14(23-15(16)18-9)24(21,22)19-8-11-6-4-3-5-10(11)7-12(19)13(20)17-2/h3-6,12H,7-8H2,1-2H3,(H,17,20). The Kier molecular flexibility index (Phi) is 4.65. The highest BCUT2D eigenvalue weighted by Crippen LogP contribution is 2.34. The average Bonchev–Trinajstić information content (AvgIpc) is 2.92. The fourth-order valence-corrected chi connectivity index (χ4v) is 6.25. The van der Waals surface area contributed by atoms with Gasteiger partial charge in [-0.15, -0.1) is 0 Å². The molecular formula is C15H16ClN3O3S2. The van der Waals surface area contributed by atoms with Crippen molar-refractivity contribution in [3.8, 4) is 0 Å². The van der Waals surface area contributed by atoms with Gasteiger partial charge in [-0.1, -0.05) is 47.2 Å². The maximum atomic E-state index is 13.1. The number of nitrogens with zero attached hydrogens (tertiary/aromatic N) is 2. The number of nitrogens with one attached hydrogen (secondary N) is 1. The summed E-state index contributed by atoms with van der Waals surface area (Å²) in [5.41, 5.74) is 2.23. The van der Waals surface area contributed by atoms with E-state index in [1.54, 1.807) is 6.92 Å². The fraction of sp³-hybridized carbons (Fsp3) is 0.333. The van der Waals surface area contributed by atoms with Crippen LogP contribution < -0.4 is 5.32 Å². The summed E-state index contributed by atoms with van der Waals surface area (Å²) in [5.74, 6) is -0.332. The molecule has 1 unspecified atom stereocenters. The summed E-state index contributed by atoms with van der Waals surface area (Å²) in [6.07, 6.45) is 0.334. The number of hydrogen-bond acceptors (Lipinski definition) is 5. The molecule has 1 aromatic heterocycles.